The predicted octanol–water partition coefficient (Wildman–Crippen LogP) is 2.30. The zero-order valence-corrected chi connectivity index (χ0v) is 13.0. The zero-order chi connectivity index (χ0) is 15.8. The lowest BCUT2D eigenvalue weighted by molar-refractivity contribution is -0.126. The van der Waals surface area contributed by atoms with Gasteiger partial charge < -0.3 is 10.6 Å². The van der Waals surface area contributed by atoms with Crippen LogP contribution in [0.2, 0.25) is 0 Å². The van der Waals surface area contributed by atoms with Crippen molar-refractivity contribution in [3.8, 4) is 0 Å². The summed E-state index contributed by atoms with van der Waals surface area (Å²) in [6.45, 7) is 10.1. The molecule has 0 fully saturated rings. The van der Waals surface area contributed by atoms with Gasteiger partial charge in [-0.3, -0.25) is 9.59 Å². The van der Waals surface area contributed by atoms with E-state index in [1.807, 2.05) is 0 Å². The molecule has 0 unspecified atom stereocenters. The summed E-state index contributed by atoms with van der Waals surface area (Å²) >= 11 is 0. The van der Waals surface area contributed by atoms with Gasteiger partial charge in [-0.15, -0.1) is 0 Å². The molecular weight excluding hydrogens is 256 g/mol. The Morgan fingerprint density at radius 3 is 1.35 bits per heavy atom. The van der Waals surface area contributed by atoms with E-state index in [0.717, 1.165) is 0 Å². The normalized spacial score (nSPS) is 13.3. The second kappa shape index (κ2) is 7.57. The minimum Gasteiger partial charge on any atom is -0.331 e. The molecule has 0 aliphatic heterocycles. The Morgan fingerprint density at radius 2 is 1.10 bits per heavy atom. The van der Waals surface area contributed by atoms with Crippen molar-refractivity contribution in [3.63, 3.8) is 0 Å². The van der Waals surface area contributed by atoms with Crippen LogP contribution >= 0.6 is 0 Å². The monoisotopic (exact) mass is 280 g/mol. The number of nitrogens with one attached hydrogen (secondary N) is 2. The van der Waals surface area contributed by atoms with E-state index in [1.165, 1.54) is 12.4 Å². The average molecular weight is 280 g/mol. The third kappa shape index (κ3) is 5.77. The molecule has 6 heteroatoms. The molecule has 2 amide bonds. The Kier molecular flexibility index (Phi) is 6.82. The van der Waals surface area contributed by atoms with Crippen molar-refractivity contribution >= 4 is 11.8 Å². The van der Waals surface area contributed by atoms with Gasteiger partial charge in [-0.1, -0.05) is 12.2 Å². The zero-order valence-electron chi connectivity index (χ0n) is 13.0. The average Bonchev–Trinajstić information content (AvgIpc) is 2.39. The standard InChI is InChI=1S/C14H24N4O2/c1-7-9-15-11(19)13(3,4)17-18-14(5,6)12(20)16-10-8-2/h7-10H,1-6H3,(H,15,19)(H,16,20). The first-order valence-corrected chi connectivity index (χ1v) is 6.45. The summed E-state index contributed by atoms with van der Waals surface area (Å²) in [5, 5.41) is 13.2. The summed E-state index contributed by atoms with van der Waals surface area (Å²) in [6, 6.07) is 0. The molecule has 20 heavy (non-hydrogen) atoms. The van der Waals surface area contributed by atoms with Crippen LogP contribution in [-0.2, 0) is 9.59 Å². The Hall–Kier alpha value is -1.98. The first-order chi connectivity index (χ1) is 9.17. The van der Waals surface area contributed by atoms with E-state index in [2.05, 4.69) is 20.9 Å². The first kappa shape index (κ1) is 18.0. The van der Waals surface area contributed by atoms with Crippen LogP contribution in [-0.4, -0.2) is 22.9 Å². The molecule has 0 aliphatic rings. The van der Waals surface area contributed by atoms with Gasteiger partial charge in [-0.25, -0.2) is 0 Å². The highest BCUT2D eigenvalue weighted by Gasteiger charge is 2.31. The van der Waals surface area contributed by atoms with Crippen molar-refractivity contribution in [3.05, 3.63) is 24.6 Å². The van der Waals surface area contributed by atoms with Gasteiger partial charge in [0.25, 0.3) is 11.8 Å². The predicted molar refractivity (Wildman–Crippen MR) is 78.9 cm³/mol. The van der Waals surface area contributed by atoms with Gasteiger partial charge in [-0.05, 0) is 53.9 Å². The van der Waals surface area contributed by atoms with Crippen LogP contribution in [0.3, 0.4) is 0 Å². The maximum atomic E-state index is 11.9. The Morgan fingerprint density at radius 1 is 0.800 bits per heavy atom. The lowest BCUT2D eigenvalue weighted by Crippen LogP contribution is -2.41. The van der Waals surface area contributed by atoms with Crippen LogP contribution in [0, 0.1) is 0 Å². The first-order valence-electron chi connectivity index (χ1n) is 6.45. The van der Waals surface area contributed by atoms with E-state index in [4.69, 9.17) is 0 Å². The maximum absolute atomic E-state index is 11.9. The van der Waals surface area contributed by atoms with Gasteiger partial charge in [0.15, 0.2) is 11.1 Å². The highest BCUT2D eigenvalue weighted by molar-refractivity contribution is 5.87. The van der Waals surface area contributed by atoms with E-state index in [1.54, 1.807) is 53.7 Å². The van der Waals surface area contributed by atoms with E-state index in [-0.39, 0.29) is 11.8 Å². The largest absolute Gasteiger partial charge is 0.331 e. The molecule has 0 aromatic carbocycles. The molecule has 0 spiro atoms. The second-order valence-electron chi connectivity index (χ2n) is 5.26. The van der Waals surface area contributed by atoms with E-state index in [0.29, 0.717) is 0 Å². The highest BCUT2D eigenvalue weighted by Crippen LogP contribution is 2.16. The molecule has 0 aliphatic carbocycles. The summed E-state index contributed by atoms with van der Waals surface area (Å²) in [6.07, 6.45) is 6.48. The third-order valence-corrected chi connectivity index (χ3v) is 2.42. The van der Waals surface area contributed by atoms with Crippen molar-refractivity contribution in [2.45, 2.75) is 52.6 Å². The van der Waals surface area contributed by atoms with Gasteiger partial charge in [0.1, 0.15) is 0 Å². The third-order valence-electron chi connectivity index (χ3n) is 2.42. The fourth-order valence-electron chi connectivity index (χ4n) is 1.01. The molecular formula is C14H24N4O2. The Balaban J connectivity index is 4.89. The number of azo groups is 1. The molecule has 0 radical (unpaired) electrons. The van der Waals surface area contributed by atoms with E-state index < -0.39 is 11.1 Å². The SMILES string of the molecule is CC=CNC(=O)C(C)(C)N=NC(C)(C)C(=O)NC=CC. The Bertz CT molecular complexity index is 394. The topological polar surface area (TPSA) is 82.9 Å². The summed E-state index contributed by atoms with van der Waals surface area (Å²) in [7, 11) is 0. The quantitative estimate of drug-likeness (QED) is 0.732. The fraction of sp³-hybridized carbons (Fsp3) is 0.571. The van der Waals surface area contributed by atoms with Crippen LogP contribution in [0.15, 0.2) is 34.8 Å². The van der Waals surface area contributed by atoms with Crippen molar-refractivity contribution in [1.29, 1.82) is 0 Å². The number of hydrogen-bond donors (Lipinski definition) is 2. The molecule has 0 atom stereocenters. The van der Waals surface area contributed by atoms with Gasteiger partial charge in [0.2, 0.25) is 0 Å². The molecule has 0 rings (SSSR count). The van der Waals surface area contributed by atoms with Crippen molar-refractivity contribution in [2.24, 2.45) is 10.2 Å². The number of nitrogens with zero attached hydrogens (tertiary/aromatic N) is 2. The summed E-state index contributed by atoms with van der Waals surface area (Å²) in [4.78, 5) is 23.7. The van der Waals surface area contributed by atoms with Gasteiger partial charge in [0, 0.05) is 0 Å². The smallest absolute Gasteiger partial charge is 0.253 e. The number of hydrogen-bond acceptors (Lipinski definition) is 4. The van der Waals surface area contributed by atoms with Crippen LogP contribution in [0.4, 0.5) is 0 Å². The molecule has 2 N–H and O–H groups in total. The second-order valence-corrected chi connectivity index (χ2v) is 5.26. The van der Waals surface area contributed by atoms with Crippen molar-refractivity contribution in [2.75, 3.05) is 0 Å². The number of carbonyl (C=O) groups is 2. The summed E-state index contributed by atoms with van der Waals surface area (Å²) in [5.41, 5.74) is -2.09. The van der Waals surface area contributed by atoms with Crippen molar-refractivity contribution in [1.82, 2.24) is 10.6 Å². The van der Waals surface area contributed by atoms with Gasteiger partial charge in [-0.2, -0.15) is 10.2 Å². The molecule has 0 saturated carbocycles. The molecule has 112 valence electrons. The molecule has 6 nitrogen and oxygen atoms in total. The number of allylic oxidation sites excluding steroid dienone is 2. The van der Waals surface area contributed by atoms with Crippen molar-refractivity contribution < 1.29 is 9.59 Å². The molecule has 0 aromatic rings. The Labute approximate surface area is 120 Å². The maximum Gasteiger partial charge on any atom is 0.253 e. The van der Waals surface area contributed by atoms with Crippen LogP contribution in [0.5, 0.6) is 0 Å². The number of carbonyl (C=O) groups excluding carboxylic acids is 2. The molecule has 0 bridgehead atoms. The molecule has 0 saturated heterocycles. The molecule has 0 aromatic heterocycles. The van der Waals surface area contributed by atoms with Crippen LogP contribution in [0.1, 0.15) is 41.5 Å². The number of amides is 2. The van der Waals surface area contributed by atoms with Gasteiger partial charge >= 0.3 is 0 Å². The van der Waals surface area contributed by atoms with E-state index in [9.17, 15) is 9.59 Å². The molecule has 0 heterocycles. The van der Waals surface area contributed by atoms with E-state index >= 15 is 0 Å². The lowest BCUT2D eigenvalue weighted by atomic mass is 10.1. The lowest BCUT2D eigenvalue weighted by Gasteiger charge is -2.20. The minimum atomic E-state index is -1.04. The highest BCUT2D eigenvalue weighted by atomic mass is 16.2. The number of rotatable bonds is 6. The minimum absolute atomic E-state index is 0.288. The van der Waals surface area contributed by atoms with Gasteiger partial charge in [0.05, 0.1) is 0 Å². The summed E-state index contributed by atoms with van der Waals surface area (Å²) in [5.74, 6) is -0.576. The fourth-order valence-corrected chi connectivity index (χ4v) is 1.01. The summed E-state index contributed by atoms with van der Waals surface area (Å²) < 4.78 is 0. The van der Waals surface area contributed by atoms with Crippen LogP contribution in [0.25, 0.3) is 0 Å². The van der Waals surface area contributed by atoms with Crippen LogP contribution < -0.4 is 10.6 Å².